The van der Waals surface area contributed by atoms with Crippen LogP contribution in [0.5, 0.6) is 0 Å². The lowest BCUT2D eigenvalue weighted by Crippen LogP contribution is -2.33. The molecule has 0 spiro atoms. The average molecular weight is 254 g/mol. The van der Waals surface area contributed by atoms with Crippen LogP contribution in [0.3, 0.4) is 0 Å². The number of likely N-dealkylation sites (N-methyl/N-ethyl adjacent to an activating group) is 1. The number of hydrogen-bond acceptors (Lipinski definition) is 8. The van der Waals surface area contributed by atoms with Gasteiger partial charge in [-0.1, -0.05) is 0 Å². The molecular weight excluding hydrogens is 240 g/mol. The van der Waals surface area contributed by atoms with E-state index in [-0.39, 0.29) is 23.5 Å². The summed E-state index contributed by atoms with van der Waals surface area (Å²) in [6, 6.07) is 0.0734. The van der Waals surface area contributed by atoms with Crippen molar-refractivity contribution in [1.82, 2.24) is 9.97 Å². The van der Waals surface area contributed by atoms with Gasteiger partial charge in [0, 0.05) is 13.7 Å². The predicted octanol–water partition coefficient (Wildman–Crippen LogP) is -0.105. The molecule has 18 heavy (non-hydrogen) atoms. The van der Waals surface area contributed by atoms with Crippen LogP contribution in [0.2, 0.25) is 0 Å². The van der Waals surface area contributed by atoms with Crippen molar-refractivity contribution in [3.05, 3.63) is 16.3 Å². The zero-order valence-corrected chi connectivity index (χ0v) is 9.87. The van der Waals surface area contributed by atoms with E-state index in [9.17, 15) is 10.1 Å². The molecule has 1 aromatic heterocycles. The first-order valence-electron chi connectivity index (χ1n) is 5.42. The Morgan fingerprint density at radius 2 is 2.50 bits per heavy atom. The number of ether oxygens (including phenoxy) is 1. The molecule has 1 fully saturated rings. The van der Waals surface area contributed by atoms with E-state index < -0.39 is 4.92 Å². The number of nitrogens with zero attached hydrogens (tertiary/aromatic N) is 4. The molecule has 1 aromatic rings. The number of nitrogens with one attached hydrogen (secondary N) is 1. The Morgan fingerprint density at radius 1 is 1.72 bits per heavy atom. The van der Waals surface area contributed by atoms with Crippen LogP contribution in [0.1, 0.15) is 6.42 Å². The maximum Gasteiger partial charge on any atom is 0.329 e. The fourth-order valence-corrected chi connectivity index (χ4v) is 1.82. The van der Waals surface area contributed by atoms with Crippen molar-refractivity contribution in [3.8, 4) is 0 Å². The topological polar surface area (TPSA) is 119 Å². The van der Waals surface area contributed by atoms with Gasteiger partial charge in [0.25, 0.3) is 0 Å². The number of aromatic nitrogens is 2. The van der Waals surface area contributed by atoms with Crippen LogP contribution >= 0.6 is 0 Å². The van der Waals surface area contributed by atoms with Crippen LogP contribution in [-0.4, -0.2) is 41.2 Å². The van der Waals surface area contributed by atoms with Crippen LogP contribution in [0.25, 0.3) is 0 Å². The molecule has 3 N–H and O–H groups in total. The second-order valence-corrected chi connectivity index (χ2v) is 3.93. The van der Waals surface area contributed by atoms with Crippen LogP contribution in [0.4, 0.5) is 17.5 Å². The molecule has 1 saturated heterocycles. The summed E-state index contributed by atoms with van der Waals surface area (Å²) in [5, 5.41) is 11.0. The molecule has 1 atom stereocenters. The Kier molecular flexibility index (Phi) is 3.53. The third-order valence-electron chi connectivity index (χ3n) is 2.86. The summed E-state index contributed by atoms with van der Waals surface area (Å²) in [4.78, 5) is 20.0. The smallest absolute Gasteiger partial charge is 0.329 e. The monoisotopic (exact) mass is 254 g/mol. The van der Waals surface area contributed by atoms with Crippen LogP contribution in [0.15, 0.2) is 6.20 Å². The third-order valence-corrected chi connectivity index (χ3v) is 2.86. The summed E-state index contributed by atoms with van der Waals surface area (Å²) in [5.74, 6) is 5.59. The quantitative estimate of drug-likeness (QED) is 0.434. The molecule has 1 unspecified atom stereocenters. The van der Waals surface area contributed by atoms with Crippen molar-refractivity contribution in [3.63, 3.8) is 0 Å². The molecule has 0 aliphatic carbocycles. The Hall–Kier alpha value is -2.00. The largest absolute Gasteiger partial charge is 0.379 e. The van der Waals surface area contributed by atoms with Crippen molar-refractivity contribution in [2.75, 3.05) is 30.6 Å². The van der Waals surface area contributed by atoms with E-state index in [1.54, 1.807) is 11.9 Å². The van der Waals surface area contributed by atoms with Crippen molar-refractivity contribution in [2.45, 2.75) is 12.5 Å². The van der Waals surface area contributed by atoms with Crippen molar-refractivity contribution >= 4 is 17.5 Å². The third kappa shape index (κ3) is 2.31. The first kappa shape index (κ1) is 12.5. The molecule has 0 saturated carbocycles. The minimum Gasteiger partial charge on any atom is -0.379 e. The molecule has 9 heteroatoms. The molecule has 0 amide bonds. The first-order valence-corrected chi connectivity index (χ1v) is 5.42. The molecule has 2 heterocycles. The van der Waals surface area contributed by atoms with Gasteiger partial charge in [-0.3, -0.25) is 15.5 Å². The molecule has 1 aliphatic heterocycles. The van der Waals surface area contributed by atoms with E-state index in [2.05, 4.69) is 15.4 Å². The molecule has 0 aromatic carbocycles. The molecular formula is C9H14N6O3. The van der Waals surface area contributed by atoms with E-state index in [1.807, 2.05) is 0 Å². The summed E-state index contributed by atoms with van der Waals surface area (Å²) in [5.41, 5.74) is 2.13. The minimum absolute atomic E-state index is 0.0734. The second-order valence-electron chi connectivity index (χ2n) is 3.93. The minimum atomic E-state index is -0.512. The maximum atomic E-state index is 11.0. The fraction of sp³-hybridized carbons (Fsp3) is 0.556. The van der Waals surface area contributed by atoms with Gasteiger partial charge in [0.2, 0.25) is 11.8 Å². The van der Waals surface area contributed by atoms with E-state index in [0.29, 0.717) is 13.2 Å². The van der Waals surface area contributed by atoms with Crippen molar-refractivity contribution < 1.29 is 9.66 Å². The summed E-state index contributed by atoms with van der Waals surface area (Å²) in [6.45, 7) is 1.18. The average Bonchev–Trinajstić information content (AvgIpc) is 2.90. The van der Waals surface area contributed by atoms with Crippen LogP contribution in [-0.2, 0) is 4.74 Å². The fourth-order valence-electron chi connectivity index (χ4n) is 1.82. The highest BCUT2D eigenvalue weighted by molar-refractivity contribution is 5.59. The van der Waals surface area contributed by atoms with Gasteiger partial charge in [-0.05, 0) is 6.42 Å². The Morgan fingerprint density at radius 3 is 3.06 bits per heavy atom. The molecule has 9 nitrogen and oxygen atoms in total. The van der Waals surface area contributed by atoms with Gasteiger partial charge >= 0.3 is 5.69 Å². The number of hydrogen-bond donors (Lipinski definition) is 2. The Labute approximate surface area is 103 Å². The lowest BCUT2D eigenvalue weighted by molar-refractivity contribution is -0.384. The highest BCUT2D eigenvalue weighted by atomic mass is 16.6. The van der Waals surface area contributed by atoms with Crippen molar-refractivity contribution in [1.29, 1.82) is 0 Å². The van der Waals surface area contributed by atoms with Gasteiger partial charge in [0.05, 0.1) is 17.6 Å². The summed E-state index contributed by atoms with van der Waals surface area (Å²) >= 11 is 0. The number of rotatable bonds is 4. The molecule has 0 radical (unpaired) electrons. The van der Waals surface area contributed by atoms with Gasteiger partial charge in [0.15, 0.2) is 0 Å². The van der Waals surface area contributed by atoms with Gasteiger partial charge in [-0.25, -0.2) is 10.8 Å². The van der Waals surface area contributed by atoms with E-state index in [1.165, 1.54) is 0 Å². The second kappa shape index (κ2) is 5.10. The molecule has 2 rings (SSSR count). The SMILES string of the molecule is CN(c1nc(NN)ncc1[N+](=O)[O-])C1CCOC1. The molecule has 98 valence electrons. The highest BCUT2D eigenvalue weighted by Gasteiger charge is 2.28. The summed E-state index contributed by atoms with van der Waals surface area (Å²) in [7, 11) is 1.75. The molecule has 1 aliphatic rings. The highest BCUT2D eigenvalue weighted by Crippen LogP contribution is 2.28. The van der Waals surface area contributed by atoms with Gasteiger partial charge in [0.1, 0.15) is 6.20 Å². The van der Waals surface area contributed by atoms with Crippen LogP contribution in [0, 0.1) is 10.1 Å². The number of hydrazine groups is 1. The predicted molar refractivity (Wildman–Crippen MR) is 64.1 cm³/mol. The molecule has 0 bridgehead atoms. The van der Waals surface area contributed by atoms with E-state index >= 15 is 0 Å². The van der Waals surface area contributed by atoms with Crippen LogP contribution < -0.4 is 16.2 Å². The maximum absolute atomic E-state index is 11.0. The van der Waals surface area contributed by atoms with E-state index in [4.69, 9.17) is 10.6 Å². The van der Waals surface area contributed by atoms with Gasteiger partial charge in [-0.15, -0.1) is 0 Å². The van der Waals surface area contributed by atoms with Gasteiger partial charge in [-0.2, -0.15) is 4.98 Å². The zero-order chi connectivity index (χ0) is 13.1. The standard InChI is InChI=1S/C9H14N6O3/c1-14(6-2-3-18-5-6)8-7(15(16)17)4-11-9(12-8)13-10/h4,6H,2-3,5,10H2,1H3,(H,11,12,13). The Balaban J connectivity index is 2.35. The summed E-state index contributed by atoms with van der Waals surface area (Å²) < 4.78 is 5.26. The number of nitrogens with two attached hydrogens (primary N) is 1. The summed E-state index contributed by atoms with van der Waals surface area (Å²) in [6.07, 6.45) is 1.95. The first-order chi connectivity index (χ1) is 8.63. The van der Waals surface area contributed by atoms with E-state index in [0.717, 1.165) is 12.6 Å². The van der Waals surface area contributed by atoms with Gasteiger partial charge < -0.3 is 9.64 Å². The lowest BCUT2D eigenvalue weighted by atomic mass is 10.2. The number of nitro groups is 1. The zero-order valence-electron chi connectivity index (χ0n) is 9.87. The normalized spacial score (nSPS) is 18.7. The van der Waals surface area contributed by atoms with Crippen molar-refractivity contribution in [2.24, 2.45) is 5.84 Å². The Bertz CT molecular complexity index is 448. The lowest BCUT2D eigenvalue weighted by Gasteiger charge is -2.23. The number of nitrogen functional groups attached to an aromatic ring is 1. The number of anilines is 2.